The molecule has 0 saturated carbocycles. The van der Waals surface area contributed by atoms with Crippen LogP contribution in [0.2, 0.25) is 0 Å². The second-order valence-corrected chi connectivity index (χ2v) is 1.28. The number of carbonyl (C=O) groups is 2. The predicted octanol–water partition coefficient (Wildman–Crippen LogP) is -1.48. The Morgan fingerprint density at radius 2 is 1.40 bits per heavy atom. The first kappa shape index (κ1) is 12.6. The fourth-order valence-electron chi connectivity index (χ4n) is 0.226. The van der Waals surface area contributed by atoms with Gasteiger partial charge < -0.3 is 14.9 Å². The monoisotopic (exact) mass is 158 g/mol. The Hall–Kier alpha value is -0.100. The fraction of sp³-hybridized carbons (Fsp3) is 0.500. The summed E-state index contributed by atoms with van der Waals surface area (Å²) in [4.78, 5) is 19.3. The molecule has 0 aromatic carbocycles. The average molecular weight is 158 g/mol. The van der Waals surface area contributed by atoms with Crippen LogP contribution in [0.25, 0.3) is 0 Å². The Balaban J connectivity index is 0. The maximum absolute atomic E-state index is 9.66. The molecule has 0 bridgehead atoms. The van der Waals surface area contributed by atoms with E-state index in [0.29, 0.717) is 0 Å². The van der Waals surface area contributed by atoms with E-state index in [0.717, 1.165) is 0 Å². The van der Waals surface area contributed by atoms with Crippen molar-refractivity contribution in [2.75, 3.05) is 13.2 Å². The molecule has 54 valence electrons. The van der Waals surface area contributed by atoms with Crippen LogP contribution in [-0.4, -0.2) is 64.9 Å². The van der Waals surface area contributed by atoms with E-state index in [-0.39, 0.29) is 29.6 Å². The van der Waals surface area contributed by atoms with Gasteiger partial charge in [-0.1, -0.05) is 0 Å². The molecule has 0 aliphatic rings. The summed E-state index contributed by atoms with van der Waals surface area (Å²) in [6, 6.07) is 0. The Morgan fingerprint density at radius 1 is 1.10 bits per heavy atom. The van der Waals surface area contributed by atoms with E-state index in [1.807, 2.05) is 0 Å². The van der Waals surface area contributed by atoms with Gasteiger partial charge >= 0.3 is 41.5 Å². The summed E-state index contributed by atoms with van der Waals surface area (Å²) in [7, 11) is 0. The molecule has 0 spiro atoms. The normalized spacial score (nSPS) is 8.00. The van der Waals surface area contributed by atoms with Crippen molar-refractivity contribution in [3.8, 4) is 0 Å². The van der Waals surface area contributed by atoms with Crippen molar-refractivity contribution >= 4 is 41.5 Å². The molecule has 5 nitrogen and oxygen atoms in total. The van der Waals surface area contributed by atoms with Crippen LogP contribution in [0.3, 0.4) is 0 Å². The molecule has 0 aliphatic carbocycles. The molecule has 2 N–H and O–H groups in total. The summed E-state index contributed by atoms with van der Waals surface area (Å²) in [5.41, 5.74) is 0. The third-order valence-corrected chi connectivity index (χ3v) is 0.451. The number of carboxylic acid groups (broad SMARTS) is 2. The average Bonchev–Trinajstić information content (AvgIpc) is 1.63. The molecule has 0 rings (SSSR count). The van der Waals surface area contributed by atoms with Crippen LogP contribution < -0.4 is 0 Å². The van der Waals surface area contributed by atoms with E-state index in [1.165, 1.54) is 0 Å². The quantitative estimate of drug-likeness (QED) is 0.487. The molecule has 0 unspecified atom stereocenters. The van der Waals surface area contributed by atoms with Gasteiger partial charge in [0.25, 0.3) is 0 Å². The molecule has 0 aromatic rings. The zero-order valence-electron chi connectivity index (χ0n) is 4.53. The first-order chi connectivity index (χ1) is 4.13. The van der Waals surface area contributed by atoms with Crippen molar-refractivity contribution in [3.05, 3.63) is 0 Å². The zero-order chi connectivity index (χ0) is 7.28. The molecule has 0 radical (unpaired) electrons. The third-order valence-electron chi connectivity index (χ3n) is 0.451. The second-order valence-electron chi connectivity index (χ2n) is 1.28. The van der Waals surface area contributed by atoms with Crippen LogP contribution in [0.1, 0.15) is 0 Å². The van der Waals surface area contributed by atoms with Crippen molar-refractivity contribution in [2.45, 2.75) is 0 Å². The fourth-order valence-corrected chi connectivity index (χ4v) is 0.226. The molecular formula is C4H7NaO5. The minimum atomic E-state index is -1.17. The molecule has 0 atom stereocenters. The molecule has 0 saturated heterocycles. The molecular weight excluding hydrogens is 151 g/mol. The van der Waals surface area contributed by atoms with Crippen LogP contribution in [0.5, 0.6) is 0 Å². The van der Waals surface area contributed by atoms with Gasteiger partial charge in [0.15, 0.2) is 0 Å². The number of rotatable bonds is 4. The van der Waals surface area contributed by atoms with Crippen LogP contribution in [0.15, 0.2) is 0 Å². The Bertz CT molecular complexity index is 109. The van der Waals surface area contributed by atoms with E-state index in [4.69, 9.17) is 10.2 Å². The predicted molar refractivity (Wildman–Crippen MR) is 33.2 cm³/mol. The molecule has 10 heavy (non-hydrogen) atoms. The van der Waals surface area contributed by atoms with Gasteiger partial charge in [-0.3, -0.25) is 0 Å². The number of aliphatic carboxylic acids is 2. The van der Waals surface area contributed by atoms with Gasteiger partial charge in [0.05, 0.1) is 0 Å². The summed E-state index contributed by atoms with van der Waals surface area (Å²) in [6.45, 7) is -1.13. The van der Waals surface area contributed by atoms with Crippen LogP contribution in [0, 0.1) is 0 Å². The van der Waals surface area contributed by atoms with Gasteiger partial charge in [0, 0.05) is 0 Å². The first-order valence-corrected chi connectivity index (χ1v) is 2.14. The van der Waals surface area contributed by atoms with Crippen molar-refractivity contribution in [1.29, 1.82) is 0 Å². The molecule has 0 aliphatic heterocycles. The molecule has 0 aromatic heterocycles. The van der Waals surface area contributed by atoms with E-state index in [1.54, 1.807) is 0 Å². The summed E-state index contributed by atoms with van der Waals surface area (Å²) in [5, 5.41) is 15.8. The van der Waals surface area contributed by atoms with Crippen molar-refractivity contribution in [3.63, 3.8) is 0 Å². The topological polar surface area (TPSA) is 83.8 Å². The van der Waals surface area contributed by atoms with Crippen molar-refractivity contribution in [1.82, 2.24) is 0 Å². The summed E-state index contributed by atoms with van der Waals surface area (Å²) in [5.74, 6) is -2.34. The first-order valence-electron chi connectivity index (χ1n) is 2.14. The van der Waals surface area contributed by atoms with Gasteiger partial charge in [-0.05, 0) is 0 Å². The Kier molecular flexibility index (Phi) is 8.81. The van der Waals surface area contributed by atoms with E-state index < -0.39 is 25.2 Å². The zero-order valence-corrected chi connectivity index (χ0v) is 4.53. The second kappa shape index (κ2) is 7.01. The molecule has 6 heteroatoms. The number of ether oxygens (including phenoxy) is 1. The van der Waals surface area contributed by atoms with E-state index in [9.17, 15) is 9.59 Å². The van der Waals surface area contributed by atoms with Gasteiger partial charge in [0.2, 0.25) is 0 Å². The van der Waals surface area contributed by atoms with Crippen LogP contribution >= 0.6 is 0 Å². The molecule has 0 fully saturated rings. The van der Waals surface area contributed by atoms with Crippen LogP contribution in [0.4, 0.5) is 0 Å². The van der Waals surface area contributed by atoms with E-state index in [2.05, 4.69) is 4.74 Å². The van der Waals surface area contributed by atoms with Crippen LogP contribution in [-0.2, 0) is 14.3 Å². The van der Waals surface area contributed by atoms with Crippen molar-refractivity contribution < 1.29 is 24.5 Å². The standard InChI is InChI=1S/C4H6O5.Na.H/c5-3(6)1-9-2-4(7)8;;/h1-2H2,(H,5,6)(H,7,8);;. The maximum atomic E-state index is 9.66. The van der Waals surface area contributed by atoms with Gasteiger partial charge in [-0.25, -0.2) is 9.59 Å². The van der Waals surface area contributed by atoms with Gasteiger partial charge in [-0.2, -0.15) is 0 Å². The summed E-state index contributed by atoms with van der Waals surface area (Å²) >= 11 is 0. The molecule has 0 heterocycles. The SMILES string of the molecule is O=C(O)COCC(=O)O.[NaH]. The molecule has 0 amide bonds. The number of carboxylic acids is 2. The number of hydrogen-bond acceptors (Lipinski definition) is 3. The summed E-state index contributed by atoms with van der Waals surface area (Å²) < 4.78 is 4.16. The van der Waals surface area contributed by atoms with Crippen molar-refractivity contribution in [2.24, 2.45) is 0 Å². The summed E-state index contributed by atoms with van der Waals surface area (Å²) in [6.07, 6.45) is 0. The Labute approximate surface area is 79.3 Å². The number of hydrogen-bond donors (Lipinski definition) is 2. The third kappa shape index (κ3) is 10.8. The minimum absolute atomic E-state index is 0. The Morgan fingerprint density at radius 3 is 1.60 bits per heavy atom. The van der Waals surface area contributed by atoms with Gasteiger partial charge in [-0.15, -0.1) is 0 Å². The van der Waals surface area contributed by atoms with Gasteiger partial charge in [0.1, 0.15) is 13.2 Å². The van der Waals surface area contributed by atoms with E-state index >= 15 is 0 Å².